The van der Waals surface area contributed by atoms with Gasteiger partial charge in [-0.3, -0.25) is 0 Å². The number of nitrogens with one attached hydrogen (secondary N) is 1. The third kappa shape index (κ3) is 7.62. The molecule has 14 rings (SSSR count). The molecule has 3 heterocycles. The van der Waals surface area contributed by atoms with Crippen LogP contribution in [0.1, 0.15) is 212 Å². The fourth-order valence-corrected chi connectivity index (χ4v) is 17.2. The number of aryl methyl sites for hydroxylation is 1. The van der Waals surface area contributed by atoms with Crippen molar-refractivity contribution >= 4 is 100 Å². The van der Waals surface area contributed by atoms with Crippen LogP contribution in [0.2, 0.25) is 0 Å². The summed E-state index contributed by atoms with van der Waals surface area (Å²) in [5.41, 5.74) is 25.1. The number of thiophene rings is 1. The largest absolute Gasteiger partial charge is 0.455 e. The third-order valence-electron chi connectivity index (χ3n) is 21.9. The first kappa shape index (κ1) is 52.3. The van der Waals surface area contributed by atoms with E-state index >= 15 is 0 Å². The number of furan rings is 1. The Morgan fingerprint density at radius 1 is 0.463 bits per heavy atom. The van der Waals surface area contributed by atoms with Crippen molar-refractivity contribution in [1.82, 2.24) is 0 Å². The van der Waals surface area contributed by atoms with E-state index in [-0.39, 0.29) is 43.3 Å². The van der Waals surface area contributed by atoms with Crippen molar-refractivity contribution in [2.24, 2.45) is 0 Å². The first-order chi connectivity index (χ1) is 37.5. The summed E-state index contributed by atoms with van der Waals surface area (Å²) in [7, 11) is 2.61. The predicted octanol–water partition coefficient (Wildman–Crippen LogP) is 20.5. The molecule has 0 unspecified atom stereocenters. The number of hydrogen-bond acceptors (Lipinski definition) is 4. The summed E-state index contributed by atoms with van der Waals surface area (Å²) in [6, 6.07) is 39.0. The van der Waals surface area contributed by atoms with E-state index in [1.54, 1.807) is 0 Å². The van der Waals surface area contributed by atoms with Gasteiger partial charge < -0.3 is 14.6 Å². The van der Waals surface area contributed by atoms with E-state index in [1.807, 2.05) is 11.3 Å². The highest BCUT2D eigenvalue weighted by Gasteiger charge is 2.44. The highest BCUT2D eigenvalue weighted by molar-refractivity contribution is 7.25. The molecule has 3 nitrogen and oxygen atoms in total. The molecule has 409 valence electrons. The highest BCUT2D eigenvalue weighted by atomic mass is 32.1. The van der Waals surface area contributed by atoms with Crippen LogP contribution in [-0.2, 0) is 43.3 Å². The van der Waals surface area contributed by atoms with Gasteiger partial charge in [-0.1, -0.05) is 147 Å². The van der Waals surface area contributed by atoms with Crippen LogP contribution in [-0.4, -0.2) is 7.28 Å². The number of hydrogen-bond donors (Lipinski definition) is 1. The summed E-state index contributed by atoms with van der Waals surface area (Å²) < 4.78 is 8.96. The molecule has 0 saturated heterocycles. The Bertz CT molecular complexity index is 4160. The van der Waals surface area contributed by atoms with Gasteiger partial charge in [0.2, 0.25) is 0 Å². The van der Waals surface area contributed by atoms with E-state index in [1.165, 1.54) is 140 Å². The quantitative estimate of drug-likeness (QED) is 0.178. The summed E-state index contributed by atoms with van der Waals surface area (Å²) in [5.74, 6) is 0. The fraction of sp³-hybridized carbons (Fsp3) is 0.440. The Kier molecular flexibility index (Phi) is 10.9. The average molecular weight is 1070 g/mol. The fourth-order valence-electron chi connectivity index (χ4n) is 15.9. The average Bonchev–Trinajstić information content (AvgIpc) is 2.47. The second-order valence-corrected chi connectivity index (χ2v) is 32.1. The van der Waals surface area contributed by atoms with E-state index in [4.69, 9.17) is 4.42 Å². The summed E-state index contributed by atoms with van der Waals surface area (Å²) in [6.45, 7) is 41.7. The van der Waals surface area contributed by atoms with Gasteiger partial charge in [0.05, 0.1) is 16.4 Å². The minimum absolute atomic E-state index is 0.0317. The van der Waals surface area contributed by atoms with Crippen molar-refractivity contribution in [3.8, 4) is 11.1 Å². The van der Waals surface area contributed by atoms with E-state index in [0.29, 0.717) is 0 Å². The Labute approximate surface area is 482 Å². The van der Waals surface area contributed by atoms with Crippen LogP contribution in [0.25, 0.3) is 53.9 Å². The van der Waals surface area contributed by atoms with Gasteiger partial charge in [-0.25, -0.2) is 0 Å². The monoisotopic (exact) mass is 1070 g/mol. The standard InChI is InChI=1S/C75H84BN2OS/c1-42-34-51-55(73(12,13)31-28-69(51,4)5)39-59(42)78-65-45-21-19-18-20-43(45)35-49(63(65)76-64-48-38-54-57(41-61(48)80-67(64)78)75(16,17)33-30-72(54,10)11)62-58(77-44-22-24-50-52(36-44)70(6,7)27-26-68(50,2)3)25-23-46-47-37-53-56(40-60(47)79-66(46)62)74(14,15)32-29-71(53,8)9/h18-25,34-41,77H,26-33H2,1-17H3. The first-order valence-electron chi connectivity index (χ1n) is 30.4. The summed E-state index contributed by atoms with van der Waals surface area (Å²) in [6.07, 6.45) is 9.37. The van der Waals surface area contributed by atoms with Crippen molar-refractivity contribution < 1.29 is 4.42 Å². The minimum Gasteiger partial charge on any atom is -0.455 e. The molecule has 1 aliphatic heterocycles. The molecule has 5 heteroatoms. The molecule has 0 bridgehead atoms. The molecule has 0 fully saturated rings. The van der Waals surface area contributed by atoms with Crippen molar-refractivity contribution in [1.29, 1.82) is 0 Å². The molecular weight excluding hydrogens is 988 g/mol. The summed E-state index contributed by atoms with van der Waals surface area (Å²) in [4.78, 5) is 2.74. The van der Waals surface area contributed by atoms with Gasteiger partial charge in [0.25, 0.3) is 0 Å². The van der Waals surface area contributed by atoms with Gasteiger partial charge >= 0.3 is 0 Å². The molecule has 7 aromatic carbocycles. The summed E-state index contributed by atoms with van der Waals surface area (Å²) in [5, 5.41) is 11.7. The summed E-state index contributed by atoms with van der Waals surface area (Å²) >= 11 is 1.99. The zero-order valence-electron chi connectivity index (χ0n) is 51.2. The lowest BCUT2D eigenvalue weighted by molar-refractivity contribution is 0.332. The van der Waals surface area contributed by atoms with Gasteiger partial charge in [-0.15, -0.1) is 11.3 Å². The maximum Gasteiger partial charge on any atom is 0.199 e. The van der Waals surface area contributed by atoms with E-state index in [0.717, 1.165) is 53.8 Å². The number of nitrogens with zero attached hydrogens (tertiary/aromatic N) is 1. The molecule has 80 heavy (non-hydrogen) atoms. The maximum atomic E-state index is 7.60. The molecule has 5 aliphatic rings. The Hall–Kier alpha value is -5.78. The Morgan fingerprint density at radius 2 is 0.975 bits per heavy atom. The van der Waals surface area contributed by atoms with Gasteiger partial charge in [0.1, 0.15) is 11.2 Å². The minimum atomic E-state index is 0.0317. The molecule has 4 aliphatic carbocycles. The molecular formula is C75H84BN2OS. The molecule has 2 aromatic heterocycles. The van der Waals surface area contributed by atoms with Crippen LogP contribution in [0, 0.1) is 6.92 Å². The molecule has 1 N–H and O–H groups in total. The number of rotatable bonds is 4. The first-order valence-corrected chi connectivity index (χ1v) is 31.2. The molecule has 1 radical (unpaired) electrons. The van der Waals surface area contributed by atoms with Crippen LogP contribution >= 0.6 is 11.3 Å². The van der Waals surface area contributed by atoms with E-state index in [9.17, 15) is 0 Å². The molecule has 0 amide bonds. The maximum absolute atomic E-state index is 7.60. The van der Waals surface area contributed by atoms with Gasteiger partial charge in [-0.2, -0.15) is 0 Å². The zero-order valence-corrected chi connectivity index (χ0v) is 52.1. The van der Waals surface area contributed by atoms with E-state index < -0.39 is 0 Å². The zero-order chi connectivity index (χ0) is 56.4. The Morgan fingerprint density at radius 3 is 1.59 bits per heavy atom. The van der Waals surface area contributed by atoms with Gasteiger partial charge in [-0.05, 0) is 240 Å². The van der Waals surface area contributed by atoms with Crippen LogP contribution in [0.3, 0.4) is 0 Å². The van der Waals surface area contributed by atoms with Crippen LogP contribution in [0.4, 0.5) is 27.8 Å². The van der Waals surface area contributed by atoms with Gasteiger partial charge in [0.15, 0.2) is 7.28 Å². The van der Waals surface area contributed by atoms with E-state index in [2.05, 4.69) is 232 Å². The molecule has 9 aromatic rings. The lowest BCUT2D eigenvalue weighted by Crippen LogP contribution is -2.41. The van der Waals surface area contributed by atoms with Crippen molar-refractivity contribution in [3.05, 3.63) is 147 Å². The third-order valence-corrected chi connectivity index (χ3v) is 23.0. The lowest BCUT2D eigenvalue weighted by Gasteiger charge is -2.43. The van der Waals surface area contributed by atoms with Gasteiger partial charge in [0, 0.05) is 37.8 Å². The second kappa shape index (κ2) is 16.7. The molecule has 0 atom stereocenters. The SMILES string of the molecule is Cc1cc2c(cc1N1c3sc4cc5c(cc4c3[B]c3c(-c4c(Nc6ccc7c(c6)C(C)(C)CCC7(C)C)ccc6c4oc4cc7c(cc46)C(C)(C)CCC7(C)C)cc4ccccc4c31)C(C)(C)CCC5(C)C)C(C)(C)CCC2(C)C. The number of fused-ring (bicyclic) bond motifs is 13. The van der Waals surface area contributed by atoms with Crippen LogP contribution in [0.15, 0.2) is 101 Å². The second-order valence-electron chi connectivity index (χ2n) is 31.1. The molecule has 0 spiro atoms. The van der Waals surface area contributed by atoms with Crippen molar-refractivity contribution in [2.45, 2.75) is 212 Å². The highest BCUT2D eigenvalue weighted by Crippen LogP contribution is 2.56. The predicted molar refractivity (Wildman–Crippen MR) is 347 cm³/mol. The Balaban J connectivity index is 1.10. The van der Waals surface area contributed by atoms with Crippen molar-refractivity contribution in [3.63, 3.8) is 0 Å². The topological polar surface area (TPSA) is 28.4 Å². The lowest BCUT2D eigenvalue weighted by atomic mass is 9.57. The van der Waals surface area contributed by atoms with Crippen LogP contribution < -0.4 is 21.1 Å². The normalized spacial score (nSPS) is 21.0. The number of benzene rings is 7. The van der Waals surface area contributed by atoms with Crippen LogP contribution in [0.5, 0.6) is 0 Å². The number of anilines is 5. The molecule has 0 saturated carbocycles. The smallest absolute Gasteiger partial charge is 0.199 e. The van der Waals surface area contributed by atoms with Crippen molar-refractivity contribution in [2.75, 3.05) is 10.2 Å².